The van der Waals surface area contributed by atoms with Gasteiger partial charge in [0, 0.05) is 12.1 Å². The minimum absolute atomic E-state index is 0.0305. The molecule has 0 saturated carbocycles. The topological polar surface area (TPSA) is 55.8 Å². The van der Waals surface area contributed by atoms with E-state index >= 15 is 0 Å². The highest BCUT2D eigenvalue weighted by molar-refractivity contribution is 5.96. The van der Waals surface area contributed by atoms with Crippen molar-refractivity contribution in [1.29, 1.82) is 0 Å². The maximum Gasteiger partial charge on any atom is 0.325 e. The van der Waals surface area contributed by atoms with Crippen molar-refractivity contribution in [3.63, 3.8) is 0 Å². The summed E-state index contributed by atoms with van der Waals surface area (Å²) in [6.45, 7) is 6.99. The number of esters is 1. The van der Waals surface area contributed by atoms with Crippen LogP contribution in [0.25, 0.3) is 0 Å². The number of rotatable bonds is 8. The summed E-state index contributed by atoms with van der Waals surface area (Å²) in [6, 6.07) is 6.95. The summed E-state index contributed by atoms with van der Waals surface area (Å²) in [5, 5.41) is 0. The molecule has 0 radical (unpaired) electrons. The Balaban J connectivity index is 2.69. The van der Waals surface area contributed by atoms with Gasteiger partial charge < -0.3 is 14.4 Å². The van der Waals surface area contributed by atoms with Gasteiger partial charge in [-0.15, -0.1) is 0 Å². The molecule has 0 aromatic heterocycles. The first-order valence-electron chi connectivity index (χ1n) is 7.30. The van der Waals surface area contributed by atoms with E-state index in [1.807, 2.05) is 13.8 Å². The van der Waals surface area contributed by atoms with E-state index in [0.717, 1.165) is 12.2 Å². The molecule has 0 spiro atoms. The van der Waals surface area contributed by atoms with Gasteiger partial charge in [0.1, 0.15) is 12.3 Å². The number of hydrogen-bond donors (Lipinski definition) is 0. The molecular weight excluding hydrogens is 270 g/mol. The second-order valence-electron chi connectivity index (χ2n) is 4.50. The Morgan fingerprint density at radius 2 is 1.76 bits per heavy atom. The summed E-state index contributed by atoms with van der Waals surface area (Å²) >= 11 is 0. The van der Waals surface area contributed by atoms with Gasteiger partial charge in [-0.2, -0.15) is 0 Å². The van der Waals surface area contributed by atoms with E-state index in [9.17, 15) is 9.59 Å². The number of carbonyl (C=O) groups is 2. The summed E-state index contributed by atoms with van der Waals surface area (Å²) in [5.41, 5.74) is 0.532. The predicted molar refractivity (Wildman–Crippen MR) is 80.4 cm³/mol. The van der Waals surface area contributed by atoms with Gasteiger partial charge in [0.25, 0.3) is 5.91 Å². The summed E-state index contributed by atoms with van der Waals surface area (Å²) < 4.78 is 10.3. The molecule has 0 fully saturated rings. The molecule has 0 aliphatic carbocycles. The van der Waals surface area contributed by atoms with Crippen molar-refractivity contribution in [3.8, 4) is 5.75 Å². The van der Waals surface area contributed by atoms with Crippen LogP contribution in [0.5, 0.6) is 5.75 Å². The van der Waals surface area contributed by atoms with Gasteiger partial charge in [-0.05, 0) is 44.5 Å². The Kier molecular flexibility index (Phi) is 7.29. The minimum atomic E-state index is -0.393. The molecule has 116 valence electrons. The van der Waals surface area contributed by atoms with Crippen molar-refractivity contribution in [2.45, 2.75) is 27.2 Å². The second-order valence-corrected chi connectivity index (χ2v) is 4.50. The van der Waals surface area contributed by atoms with Gasteiger partial charge in [0.2, 0.25) is 0 Å². The third kappa shape index (κ3) is 5.45. The average Bonchev–Trinajstić information content (AvgIpc) is 2.50. The lowest BCUT2D eigenvalue weighted by Crippen LogP contribution is -2.36. The number of benzene rings is 1. The van der Waals surface area contributed by atoms with Gasteiger partial charge in [-0.1, -0.05) is 6.92 Å². The Bertz CT molecular complexity index is 456. The molecule has 0 unspecified atom stereocenters. The molecule has 5 heteroatoms. The molecule has 0 saturated heterocycles. The summed E-state index contributed by atoms with van der Waals surface area (Å²) in [6.07, 6.45) is 0.934. The first-order valence-corrected chi connectivity index (χ1v) is 7.30. The Morgan fingerprint density at radius 1 is 1.10 bits per heavy atom. The highest BCUT2D eigenvalue weighted by Crippen LogP contribution is 2.14. The molecule has 1 rings (SSSR count). The summed E-state index contributed by atoms with van der Waals surface area (Å²) in [7, 11) is 0. The van der Waals surface area contributed by atoms with Gasteiger partial charge in [0.05, 0.1) is 13.2 Å². The van der Waals surface area contributed by atoms with Gasteiger partial charge >= 0.3 is 5.97 Å². The molecule has 0 N–H and O–H groups in total. The van der Waals surface area contributed by atoms with E-state index in [4.69, 9.17) is 9.47 Å². The molecule has 0 bridgehead atoms. The normalized spacial score (nSPS) is 10.0. The Morgan fingerprint density at radius 3 is 2.29 bits per heavy atom. The molecule has 0 atom stereocenters. The molecule has 5 nitrogen and oxygen atoms in total. The highest BCUT2D eigenvalue weighted by Gasteiger charge is 2.17. The fourth-order valence-corrected chi connectivity index (χ4v) is 1.79. The fourth-order valence-electron chi connectivity index (χ4n) is 1.79. The molecule has 0 aliphatic heterocycles. The monoisotopic (exact) mass is 293 g/mol. The van der Waals surface area contributed by atoms with Crippen molar-refractivity contribution in [3.05, 3.63) is 29.8 Å². The fraction of sp³-hybridized carbons (Fsp3) is 0.500. The van der Waals surface area contributed by atoms with Crippen LogP contribution in [0.2, 0.25) is 0 Å². The maximum atomic E-state index is 12.3. The van der Waals surface area contributed by atoms with Gasteiger partial charge in [-0.25, -0.2) is 0 Å². The standard InChI is InChI=1S/C16H23NO4/c1-4-11-21-14-9-7-13(8-10-14)16(19)17(5-2)12-15(18)20-6-3/h7-10H,4-6,11-12H2,1-3H3. The van der Waals surface area contributed by atoms with E-state index in [1.165, 1.54) is 4.90 Å². The van der Waals surface area contributed by atoms with Crippen LogP contribution in [-0.2, 0) is 9.53 Å². The molecule has 0 aliphatic rings. The molecular formula is C16H23NO4. The number of hydrogen-bond acceptors (Lipinski definition) is 4. The molecule has 21 heavy (non-hydrogen) atoms. The zero-order chi connectivity index (χ0) is 15.7. The van der Waals surface area contributed by atoms with Crippen LogP contribution in [0.3, 0.4) is 0 Å². The van der Waals surface area contributed by atoms with Crippen molar-refractivity contribution < 1.29 is 19.1 Å². The Labute approximate surface area is 125 Å². The number of nitrogens with zero attached hydrogens (tertiary/aromatic N) is 1. The van der Waals surface area contributed by atoms with Gasteiger partial charge in [0.15, 0.2) is 0 Å². The number of amides is 1. The smallest absolute Gasteiger partial charge is 0.325 e. The largest absolute Gasteiger partial charge is 0.494 e. The van der Waals surface area contributed by atoms with Crippen LogP contribution >= 0.6 is 0 Å². The van der Waals surface area contributed by atoms with E-state index in [-0.39, 0.29) is 12.5 Å². The van der Waals surface area contributed by atoms with E-state index in [0.29, 0.717) is 25.3 Å². The van der Waals surface area contributed by atoms with Crippen LogP contribution in [0.4, 0.5) is 0 Å². The number of likely N-dealkylation sites (N-methyl/N-ethyl adjacent to an activating group) is 1. The maximum absolute atomic E-state index is 12.3. The van der Waals surface area contributed by atoms with Crippen molar-refractivity contribution in [2.75, 3.05) is 26.3 Å². The van der Waals surface area contributed by atoms with Crippen LogP contribution in [0.1, 0.15) is 37.6 Å². The summed E-state index contributed by atoms with van der Waals surface area (Å²) in [5.74, 6) is 0.157. The van der Waals surface area contributed by atoms with Crippen LogP contribution < -0.4 is 4.74 Å². The average molecular weight is 293 g/mol. The highest BCUT2D eigenvalue weighted by atomic mass is 16.5. The lowest BCUT2D eigenvalue weighted by Gasteiger charge is -2.19. The van der Waals surface area contributed by atoms with E-state index in [2.05, 4.69) is 0 Å². The second kappa shape index (κ2) is 9.00. The lowest BCUT2D eigenvalue weighted by atomic mass is 10.2. The van der Waals surface area contributed by atoms with Crippen LogP contribution in [-0.4, -0.2) is 43.1 Å². The molecule has 1 amide bonds. The number of ether oxygens (including phenoxy) is 2. The Hall–Kier alpha value is -2.04. The van der Waals surface area contributed by atoms with Crippen LogP contribution in [0, 0.1) is 0 Å². The number of carbonyl (C=O) groups excluding carboxylic acids is 2. The SMILES string of the molecule is CCCOc1ccc(C(=O)N(CC)CC(=O)OCC)cc1. The van der Waals surface area contributed by atoms with Crippen molar-refractivity contribution in [2.24, 2.45) is 0 Å². The molecule has 1 aromatic rings. The third-order valence-electron chi connectivity index (χ3n) is 2.87. The van der Waals surface area contributed by atoms with Gasteiger partial charge in [-0.3, -0.25) is 9.59 Å². The van der Waals surface area contributed by atoms with E-state index in [1.54, 1.807) is 31.2 Å². The first kappa shape index (κ1) is 17.0. The van der Waals surface area contributed by atoms with Crippen molar-refractivity contribution in [1.82, 2.24) is 4.90 Å². The third-order valence-corrected chi connectivity index (χ3v) is 2.87. The summed E-state index contributed by atoms with van der Waals surface area (Å²) in [4.78, 5) is 25.3. The first-order chi connectivity index (χ1) is 10.1. The predicted octanol–water partition coefficient (Wildman–Crippen LogP) is 2.50. The van der Waals surface area contributed by atoms with Crippen molar-refractivity contribution >= 4 is 11.9 Å². The van der Waals surface area contributed by atoms with E-state index < -0.39 is 5.97 Å². The lowest BCUT2D eigenvalue weighted by molar-refractivity contribution is -0.143. The zero-order valence-corrected chi connectivity index (χ0v) is 12.9. The molecule has 0 heterocycles. The zero-order valence-electron chi connectivity index (χ0n) is 12.9. The van der Waals surface area contributed by atoms with Crippen LogP contribution in [0.15, 0.2) is 24.3 Å². The minimum Gasteiger partial charge on any atom is -0.494 e. The molecule has 1 aromatic carbocycles. The quantitative estimate of drug-likeness (QED) is 0.691.